The average Bonchev–Trinajstić information content (AvgIpc) is 2.37. The molecule has 1 heterocycles. The van der Waals surface area contributed by atoms with E-state index in [1.807, 2.05) is 0 Å². The van der Waals surface area contributed by atoms with Gasteiger partial charge in [-0.3, -0.25) is 0 Å². The van der Waals surface area contributed by atoms with Crippen LogP contribution in [0, 0.1) is 0 Å². The molecule has 0 aliphatic heterocycles. The van der Waals surface area contributed by atoms with E-state index in [0.717, 1.165) is 6.42 Å². The Hall–Kier alpha value is -1.64. The lowest BCUT2D eigenvalue weighted by atomic mass is 10.5. The van der Waals surface area contributed by atoms with Gasteiger partial charge in [0.1, 0.15) is 5.82 Å². The van der Waals surface area contributed by atoms with Crippen molar-refractivity contribution in [1.29, 1.82) is 0 Å². The van der Waals surface area contributed by atoms with E-state index in [1.165, 1.54) is 0 Å². The quantitative estimate of drug-likeness (QED) is 0.315. The molecule has 1 rings (SSSR count). The van der Waals surface area contributed by atoms with Gasteiger partial charge in [-0.15, -0.1) is 0 Å². The number of methoxy groups -OCH3 is 1. The molecule has 5 N–H and O–H groups in total. The van der Waals surface area contributed by atoms with Crippen LogP contribution >= 0.6 is 0 Å². The maximum atomic E-state index is 5.48. The van der Waals surface area contributed by atoms with Crippen LogP contribution in [0.15, 0.2) is 6.07 Å². The minimum absolute atomic E-state index is 0.108. The highest BCUT2D eigenvalue weighted by molar-refractivity contribution is 5.41. The van der Waals surface area contributed by atoms with Gasteiger partial charge in [-0.1, -0.05) is 0 Å². The third-order valence-corrected chi connectivity index (χ3v) is 1.98. The van der Waals surface area contributed by atoms with Crippen LogP contribution < -0.4 is 21.7 Å². The standard InChI is InChI=1S/C10H19N5O3/c1-16-5-6-17-3-2-4-18-9-7-8(15-12)13-10(11)14-9/h7H,2-6,12H2,1H3,(H3,11,13,14,15). The Morgan fingerprint density at radius 1 is 1.22 bits per heavy atom. The predicted octanol–water partition coefficient (Wildman–Crippen LogP) is -0.224. The van der Waals surface area contributed by atoms with Crippen molar-refractivity contribution < 1.29 is 14.2 Å². The first-order valence-electron chi connectivity index (χ1n) is 5.57. The summed E-state index contributed by atoms with van der Waals surface area (Å²) in [6.45, 7) is 2.26. The number of nitrogen functional groups attached to an aromatic ring is 2. The molecule has 1 aromatic rings. The van der Waals surface area contributed by atoms with Crippen LogP contribution in [0.25, 0.3) is 0 Å². The Morgan fingerprint density at radius 2 is 2.06 bits per heavy atom. The van der Waals surface area contributed by atoms with Gasteiger partial charge in [0.05, 0.1) is 19.8 Å². The lowest BCUT2D eigenvalue weighted by molar-refractivity contribution is 0.0642. The molecule has 1 aromatic heterocycles. The van der Waals surface area contributed by atoms with Gasteiger partial charge in [-0.2, -0.15) is 9.97 Å². The number of anilines is 2. The zero-order valence-electron chi connectivity index (χ0n) is 10.4. The first-order chi connectivity index (χ1) is 8.76. The summed E-state index contributed by atoms with van der Waals surface area (Å²) in [6.07, 6.45) is 0.749. The van der Waals surface area contributed by atoms with Crippen molar-refractivity contribution in [3.05, 3.63) is 6.07 Å². The molecule has 0 aliphatic carbocycles. The minimum Gasteiger partial charge on any atom is -0.477 e. The molecule has 0 saturated carbocycles. The number of hydrogen-bond acceptors (Lipinski definition) is 8. The third-order valence-electron chi connectivity index (χ3n) is 1.98. The zero-order chi connectivity index (χ0) is 13.2. The second-order valence-electron chi connectivity index (χ2n) is 3.40. The van der Waals surface area contributed by atoms with E-state index in [-0.39, 0.29) is 5.95 Å². The molecule has 18 heavy (non-hydrogen) atoms. The highest BCUT2D eigenvalue weighted by Gasteiger charge is 2.02. The summed E-state index contributed by atoms with van der Waals surface area (Å²) in [7, 11) is 1.63. The first kappa shape index (κ1) is 14.4. The van der Waals surface area contributed by atoms with E-state index < -0.39 is 0 Å². The summed E-state index contributed by atoms with van der Waals surface area (Å²) in [5.41, 5.74) is 7.87. The second-order valence-corrected chi connectivity index (χ2v) is 3.40. The fraction of sp³-hybridized carbons (Fsp3) is 0.600. The Kier molecular flexibility index (Phi) is 6.77. The molecule has 0 spiro atoms. The highest BCUT2D eigenvalue weighted by Crippen LogP contribution is 2.13. The number of rotatable bonds is 9. The summed E-state index contributed by atoms with van der Waals surface area (Å²) < 4.78 is 15.5. The molecule has 102 valence electrons. The molecule has 0 saturated heterocycles. The van der Waals surface area contributed by atoms with Gasteiger partial charge in [0.2, 0.25) is 11.8 Å². The van der Waals surface area contributed by atoms with Crippen LogP contribution in [0.2, 0.25) is 0 Å². The third kappa shape index (κ3) is 5.62. The van der Waals surface area contributed by atoms with Crippen molar-refractivity contribution in [2.24, 2.45) is 5.84 Å². The Labute approximate surface area is 106 Å². The normalized spacial score (nSPS) is 10.3. The van der Waals surface area contributed by atoms with E-state index in [4.69, 9.17) is 25.8 Å². The predicted molar refractivity (Wildman–Crippen MR) is 67.1 cm³/mol. The van der Waals surface area contributed by atoms with E-state index in [1.54, 1.807) is 13.2 Å². The van der Waals surface area contributed by atoms with Gasteiger partial charge >= 0.3 is 0 Å². The van der Waals surface area contributed by atoms with Crippen LogP contribution in [0.1, 0.15) is 6.42 Å². The van der Waals surface area contributed by atoms with E-state index in [2.05, 4.69) is 15.4 Å². The number of hydrazine groups is 1. The number of ether oxygens (including phenoxy) is 3. The van der Waals surface area contributed by atoms with Gasteiger partial charge < -0.3 is 25.4 Å². The molecule has 0 fully saturated rings. The van der Waals surface area contributed by atoms with Crippen molar-refractivity contribution in [2.75, 3.05) is 44.7 Å². The zero-order valence-corrected chi connectivity index (χ0v) is 10.4. The molecule has 0 aromatic carbocycles. The number of hydrogen-bond donors (Lipinski definition) is 3. The summed E-state index contributed by atoms with van der Waals surface area (Å²) in [5, 5.41) is 0. The van der Waals surface area contributed by atoms with Gasteiger partial charge in [0.25, 0.3) is 0 Å². The average molecular weight is 257 g/mol. The van der Waals surface area contributed by atoms with Gasteiger partial charge in [-0.05, 0) is 0 Å². The van der Waals surface area contributed by atoms with Crippen molar-refractivity contribution in [2.45, 2.75) is 6.42 Å². The highest BCUT2D eigenvalue weighted by atomic mass is 16.5. The van der Waals surface area contributed by atoms with Crippen molar-refractivity contribution in [3.8, 4) is 5.88 Å². The molecule has 8 nitrogen and oxygen atoms in total. The molecule has 0 atom stereocenters. The smallest absolute Gasteiger partial charge is 0.225 e. The number of nitrogens with two attached hydrogens (primary N) is 2. The SMILES string of the molecule is COCCOCCCOc1cc(NN)nc(N)n1. The van der Waals surface area contributed by atoms with Crippen LogP contribution in [-0.2, 0) is 9.47 Å². The maximum absolute atomic E-state index is 5.48. The van der Waals surface area contributed by atoms with E-state index in [9.17, 15) is 0 Å². The van der Waals surface area contributed by atoms with Crippen molar-refractivity contribution >= 4 is 11.8 Å². The topological polar surface area (TPSA) is 118 Å². The summed E-state index contributed by atoms with van der Waals surface area (Å²) >= 11 is 0. The Morgan fingerprint density at radius 3 is 2.78 bits per heavy atom. The molecular formula is C10H19N5O3. The molecule has 0 unspecified atom stereocenters. The number of nitrogens with one attached hydrogen (secondary N) is 1. The maximum Gasteiger partial charge on any atom is 0.225 e. The molecule has 8 heteroatoms. The fourth-order valence-corrected chi connectivity index (χ4v) is 1.17. The van der Waals surface area contributed by atoms with Crippen LogP contribution in [0.4, 0.5) is 11.8 Å². The summed E-state index contributed by atoms with van der Waals surface area (Å²) in [5.74, 6) is 6.13. The Bertz CT molecular complexity index is 350. The molecule has 0 radical (unpaired) electrons. The summed E-state index contributed by atoms with van der Waals surface area (Å²) in [4.78, 5) is 7.76. The molecular weight excluding hydrogens is 238 g/mol. The van der Waals surface area contributed by atoms with Gasteiger partial charge in [-0.25, -0.2) is 5.84 Å². The molecule has 0 bridgehead atoms. The van der Waals surface area contributed by atoms with Crippen LogP contribution in [0.3, 0.4) is 0 Å². The largest absolute Gasteiger partial charge is 0.477 e. The van der Waals surface area contributed by atoms with E-state index in [0.29, 0.717) is 38.1 Å². The van der Waals surface area contributed by atoms with Crippen LogP contribution in [-0.4, -0.2) is 43.5 Å². The first-order valence-corrected chi connectivity index (χ1v) is 5.57. The molecule has 0 amide bonds. The lowest BCUT2D eigenvalue weighted by Crippen LogP contribution is -2.12. The number of aromatic nitrogens is 2. The van der Waals surface area contributed by atoms with Crippen molar-refractivity contribution in [1.82, 2.24) is 9.97 Å². The van der Waals surface area contributed by atoms with Crippen LogP contribution in [0.5, 0.6) is 5.88 Å². The lowest BCUT2D eigenvalue weighted by Gasteiger charge is -2.07. The Balaban J connectivity index is 2.20. The van der Waals surface area contributed by atoms with Gasteiger partial charge in [0, 0.05) is 26.2 Å². The van der Waals surface area contributed by atoms with E-state index >= 15 is 0 Å². The monoisotopic (exact) mass is 257 g/mol. The number of nitrogens with zero attached hydrogens (tertiary/aromatic N) is 2. The second kappa shape index (κ2) is 8.45. The van der Waals surface area contributed by atoms with Gasteiger partial charge in [0.15, 0.2) is 0 Å². The van der Waals surface area contributed by atoms with Crippen molar-refractivity contribution in [3.63, 3.8) is 0 Å². The molecule has 0 aliphatic rings. The summed E-state index contributed by atoms with van der Waals surface area (Å²) in [6, 6.07) is 1.57. The fourth-order valence-electron chi connectivity index (χ4n) is 1.17. The minimum atomic E-state index is 0.108.